The van der Waals surface area contributed by atoms with Gasteiger partial charge in [0.1, 0.15) is 0 Å². The Balaban J connectivity index is 1.74. The number of benzene rings is 1. The molecule has 2 heterocycles. The summed E-state index contributed by atoms with van der Waals surface area (Å²) in [6, 6.07) is 8.42. The molecule has 0 saturated carbocycles. The van der Waals surface area contributed by atoms with Crippen LogP contribution in [-0.4, -0.2) is 23.2 Å². The normalized spacial score (nSPS) is 22.8. The second-order valence-corrected chi connectivity index (χ2v) is 5.46. The van der Waals surface area contributed by atoms with E-state index in [4.69, 9.17) is 4.52 Å². The quantitative estimate of drug-likeness (QED) is 0.916. The topological polar surface area (TPSA) is 51.0 Å². The third-order valence-electron chi connectivity index (χ3n) is 3.76. The molecule has 0 amide bonds. The smallest absolute Gasteiger partial charge is 0.231 e. The predicted octanol–water partition coefficient (Wildman–Crippen LogP) is 2.29. The van der Waals surface area contributed by atoms with Crippen LogP contribution in [-0.2, 0) is 6.42 Å². The van der Waals surface area contributed by atoms with E-state index in [9.17, 15) is 0 Å². The number of rotatable bonds is 3. The van der Waals surface area contributed by atoms with E-state index < -0.39 is 0 Å². The Bertz CT molecular complexity index is 564. The van der Waals surface area contributed by atoms with Crippen molar-refractivity contribution in [1.29, 1.82) is 0 Å². The zero-order valence-corrected chi connectivity index (χ0v) is 11.4. The Hall–Kier alpha value is -1.68. The summed E-state index contributed by atoms with van der Waals surface area (Å²) in [4.78, 5) is 4.55. The highest BCUT2D eigenvalue weighted by molar-refractivity contribution is 5.24. The molecule has 0 unspecified atom stereocenters. The molecule has 0 spiro atoms. The molecular weight excluding hydrogens is 238 g/mol. The average molecular weight is 257 g/mol. The fourth-order valence-electron chi connectivity index (χ4n) is 2.64. The fourth-order valence-corrected chi connectivity index (χ4v) is 2.64. The van der Waals surface area contributed by atoms with Gasteiger partial charge in [-0.25, -0.2) is 0 Å². The van der Waals surface area contributed by atoms with Crippen molar-refractivity contribution < 1.29 is 4.52 Å². The molecule has 1 saturated heterocycles. The molecule has 4 nitrogen and oxygen atoms in total. The monoisotopic (exact) mass is 257 g/mol. The van der Waals surface area contributed by atoms with Crippen LogP contribution in [0.4, 0.5) is 0 Å². The van der Waals surface area contributed by atoms with E-state index in [-0.39, 0.29) is 0 Å². The summed E-state index contributed by atoms with van der Waals surface area (Å²) >= 11 is 0. The number of nitrogens with one attached hydrogen (secondary N) is 1. The summed E-state index contributed by atoms with van der Waals surface area (Å²) in [5.74, 6) is 2.48. The van der Waals surface area contributed by atoms with Crippen molar-refractivity contribution in [3.63, 3.8) is 0 Å². The molecule has 0 radical (unpaired) electrons. The molecule has 4 heteroatoms. The van der Waals surface area contributed by atoms with Crippen molar-refractivity contribution in [2.24, 2.45) is 5.92 Å². The maximum atomic E-state index is 5.42. The maximum Gasteiger partial charge on any atom is 0.231 e. The molecule has 1 aromatic heterocycles. The van der Waals surface area contributed by atoms with Gasteiger partial charge in [-0.1, -0.05) is 41.9 Å². The first kappa shape index (κ1) is 12.4. The molecule has 100 valence electrons. The van der Waals surface area contributed by atoms with Gasteiger partial charge in [0.15, 0.2) is 5.82 Å². The summed E-state index contributed by atoms with van der Waals surface area (Å²) in [5, 5.41) is 7.47. The first-order valence-electron chi connectivity index (χ1n) is 6.81. The van der Waals surface area contributed by atoms with Crippen LogP contribution in [0.1, 0.15) is 35.7 Å². The predicted molar refractivity (Wildman–Crippen MR) is 73.1 cm³/mol. The van der Waals surface area contributed by atoms with Crippen molar-refractivity contribution in [2.45, 2.75) is 26.2 Å². The highest BCUT2D eigenvalue weighted by atomic mass is 16.5. The van der Waals surface area contributed by atoms with Crippen molar-refractivity contribution in [2.75, 3.05) is 13.1 Å². The Morgan fingerprint density at radius 1 is 1.37 bits per heavy atom. The van der Waals surface area contributed by atoms with Crippen LogP contribution in [0.3, 0.4) is 0 Å². The Labute approximate surface area is 113 Å². The van der Waals surface area contributed by atoms with E-state index in [0.717, 1.165) is 31.2 Å². The van der Waals surface area contributed by atoms with Gasteiger partial charge in [0.25, 0.3) is 0 Å². The van der Waals surface area contributed by atoms with Gasteiger partial charge in [-0.05, 0) is 24.9 Å². The van der Waals surface area contributed by atoms with E-state index in [1.54, 1.807) is 0 Å². The lowest BCUT2D eigenvalue weighted by Gasteiger charge is -2.07. The van der Waals surface area contributed by atoms with Gasteiger partial charge < -0.3 is 9.84 Å². The Morgan fingerprint density at radius 2 is 2.26 bits per heavy atom. The van der Waals surface area contributed by atoms with Crippen LogP contribution in [0.25, 0.3) is 0 Å². The molecule has 2 atom stereocenters. The van der Waals surface area contributed by atoms with E-state index in [2.05, 4.69) is 53.6 Å². The lowest BCUT2D eigenvalue weighted by atomic mass is 9.98. The van der Waals surface area contributed by atoms with Crippen molar-refractivity contribution >= 4 is 0 Å². The average Bonchev–Trinajstić information content (AvgIpc) is 2.98. The highest BCUT2D eigenvalue weighted by Crippen LogP contribution is 2.26. The van der Waals surface area contributed by atoms with Crippen molar-refractivity contribution in [3.05, 3.63) is 47.1 Å². The molecule has 3 rings (SSSR count). The van der Waals surface area contributed by atoms with Gasteiger partial charge in [0.2, 0.25) is 5.89 Å². The second kappa shape index (κ2) is 5.13. The Morgan fingerprint density at radius 3 is 3.00 bits per heavy atom. The second-order valence-electron chi connectivity index (χ2n) is 5.46. The molecule has 0 bridgehead atoms. The van der Waals surface area contributed by atoms with Crippen LogP contribution in [0, 0.1) is 12.8 Å². The zero-order chi connectivity index (χ0) is 13.2. The van der Waals surface area contributed by atoms with Crippen molar-refractivity contribution in [3.8, 4) is 0 Å². The van der Waals surface area contributed by atoms with Crippen LogP contribution < -0.4 is 5.32 Å². The van der Waals surface area contributed by atoms with Gasteiger partial charge >= 0.3 is 0 Å². The standard InChI is InChI=1S/C15H19N3O/c1-10-4-3-5-12(6-10)7-14-17-15(19-18-14)13-9-16-8-11(13)2/h3-6,11,13,16H,7-9H2,1-2H3/t11-,13-/m1/s1. The first-order valence-corrected chi connectivity index (χ1v) is 6.81. The Kier molecular flexibility index (Phi) is 3.34. The minimum atomic E-state index is 0.360. The van der Waals surface area contributed by atoms with E-state index >= 15 is 0 Å². The molecule has 1 aliphatic heterocycles. The summed E-state index contributed by atoms with van der Waals surface area (Å²) in [6.45, 7) is 6.28. The third kappa shape index (κ3) is 2.68. The van der Waals surface area contributed by atoms with Crippen LogP contribution in [0.15, 0.2) is 28.8 Å². The van der Waals surface area contributed by atoms with Gasteiger partial charge in [-0.15, -0.1) is 0 Å². The number of hydrogen-bond acceptors (Lipinski definition) is 4. The van der Waals surface area contributed by atoms with Gasteiger partial charge in [0, 0.05) is 13.0 Å². The number of hydrogen-bond donors (Lipinski definition) is 1. The van der Waals surface area contributed by atoms with Crippen LogP contribution >= 0.6 is 0 Å². The molecule has 0 aliphatic carbocycles. The largest absolute Gasteiger partial charge is 0.339 e. The summed E-state index contributed by atoms with van der Waals surface area (Å²) in [6.07, 6.45) is 0.736. The number of aromatic nitrogens is 2. The van der Waals surface area contributed by atoms with E-state index in [1.807, 2.05) is 0 Å². The van der Waals surface area contributed by atoms with Crippen LogP contribution in [0.2, 0.25) is 0 Å². The van der Waals surface area contributed by atoms with Gasteiger partial charge in [-0.3, -0.25) is 0 Å². The molecule has 2 aromatic rings. The van der Waals surface area contributed by atoms with E-state index in [0.29, 0.717) is 11.8 Å². The lowest BCUT2D eigenvalue weighted by Crippen LogP contribution is -2.08. The molecule has 1 aromatic carbocycles. The zero-order valence-electron chi connectivity index (χ0n) is 11.4. The molecule has 19 heavy (non-hydrogen) atoms. The van der Waals surface area contributed by atoms with E-state index in [1.165, 1.54) is 11.1 Å². The molecule has 1 aliphatic rings. The summed E-state index contributed by atoms with van der Waals surface area (Å²) < 4.78 is 5.42. The lowest BCUT2D eigenvalue weighted by molar-refractivity contribution is 0.337. The summed E-state index contributed by atoms with van der Waals surface area (Å²) in [5.41, 5.74) is 2.49. The van der Waals surface area contributed by atoms with Gasteiger partial charge in [0.05, 0.1) is 5.92 Å². The SMILES string of the molecule is Cc1cccc(Cc2noc([C@@H]3CNC[C@H]3C)n2)c1. The van der Waals surface area contributed by atoms with Crippen molar-refractivity contribution in [1.82, 2.24) is 15.5 Å². The fraction of sp³-hybridized carbons (Fsp3) is 0.467. The molecular formula is C15H19N3O. The minimum Gasteiger partial charge on any atom is -0.339 e. The third-order valence-corrected chi connectivity index (χ3v) is 3.76. The number of aryl methyl sites for hydroxylation is 1. The van der Waals surface area contributed by atoms with Gasteiger partial charge in [-0.2, -0.15) is 4.98 Å². The molecule has 1 N–H and O–H groups in total. The number of nitrogens with zero attached hydrogens (tertiary/aromatic N) is 2. The highest BCUT2D eigenvalue weighted by Gasteiger charge is 2.29. The maximum absolute atomic E-state index is 5.42. The molecule has 1 fully saturated rings. The summed E-state index contributed by atoms with van der Waals surface area (Å²) in [7, 11) is 0. The first-order chi connectivity index (χ1) is 9.22. The minimum absolute atomic E-state index is 0.360. The van der Waals surface area contributed by atoms with Crippen LogP contribution in [0.5, 0.6) is 0 Å².